The number of methoxy groups -OCH3 is 1. The smallest absolute Gasteiger partial charge is 0.407 e. The van der Waals surface area contributed by atoms with Crippen LogP contribution < -0.4 is 15.4 Å². The van der Waals surface area contributed by atoms with Gasteiger partial charge in [-0.3, -0.25) is 10.1 Å². The number of ether oxygens (including phenoxy) is 3. The fraction of sp³-hybridized carbons (Fsp3) is 0.500. The zero-order valence-corrected chi connectivity index (χ0v) is 18.0. The third-order valence-corrected chi connectivity index (χ3v) is 3.60. The number of hydrogen-bond acceptors (Lipinski definition) is 6. The molecule has 0 heterocycles. The van der Waals surface area contributed by atoms with E-state index in [1.54, 1.807) is 53.0 Å². The highest BCUT2D eigenvalue weighted by molar-refractivity contribution is 6.30. The molecular formula is C20H29ClN2O5. The van der Waals surface area contributed by atoms with Gasteiger partial charge in [0.1, 0.15) is 11.4 Å². The number of amides is 1. The predicted molar refractivity (Wildman–Crippen MR) is 109 cm³/mol. The summed E-state index contributed by atoms with van der Waals surface area (Å²) < 4.78 is 15.7. The number of halogens is 1. The minimum atomic E-state index is -0.591. The summed E-state index contributed by atoms with van der Waals surface area (Å²) in [5, 5.41) is 6.37. The fourth-order valence-corrected chi connectivity index (χ4v) is 2.45. The van der Waals surface area contributed by atoms with Gasteiger partial charge in [-0.05, 0) is 57.5 Å². The first-order valence-corrected chi connectivity index (χ1v) is 9.28. The van der Waals surface area contributed by atoms with Gasteiger partial charge in [-0.2, -0.15) is 0 Å². The van der Waals surface area contributed by atoms with Crippen molar-refractivity contribution in [2.45, 2.75) is 46.4 Å². The summed E-state index contributed by atoms with van der Waals surface area (Å²) >= 11 is 6.09. The highest BCUT2D eigenvalue weighted by atomic mass is 35.5. The molecule has 1 aromatic carbocycles. The van der Waals surface area contributed by atoms with Crippen molar-refractivity contribution in [2.24, 2.45) is 0 Å². The lowest BCUT2D eigenvalue weighted by Crippen LogP contribution is -2.37. The van der Waals surface area contributed by atoms with Crippen LogP contribution >= 0.6 is 11.6 Å². The molecule has 1 rings (SSSR count). The van der Waals surface area contributed by atoms with E-state index in [1.165, 1.54) is 6.92 Å². The second kappa shape index (κ2) is 10.9. The molecule has 1 aromatic rings. The molecule has 1 amide bonds. The molecule has 156 valence electrons. The van der Waals surface area contributed by atoms with Gasteiger partial charge in [0.05, 0.1) is 7.11 Å². The summed E-state index contributed by atoms with van der Waals surface area (Å²) in [7, 11) is 1.57. The van der Waals surface area contributed by atoms with E-state index in [9.17, 15) is 9.59 Å². The number of nitrogens with one attached hydrogen (secondary N) is 2. The number of hydrogen-bond donors (Lipinski definition) is 2. The number of carbonyl (C=O) groups is 2. The molecule has 0 aliphatic heterocycles. The van der Waals surface area contributed by atoms with Crippen LogP contribution in [-0.4, -0.2) is 44.1 Å². The molecule has 1 atom stereocenters. The van der Waals surface area contributed by atoms with Crippen LogP contribution in [0.2, 0.25) is 5.02 Å². The monoisotopic (exact) mass is 412 g/mol. The van der Waals surface area contributed by atoms with Crippen LogP contribution in [0.15, 0.2) is 23.8 Å². The Balaban J connectivity index is 2.95. The Morgan fingerprint density at radius 2 is 1.93 bits per heavy atom. The van der Waals surface area contributed by atoms with Gasteiger partial charge in [-0.25, -0.2) is 4.79 Å². The van der Waals surface area contributed by atoms with Gasteiger partial charge in [-0.1, -0.05) is 11.6 Å². The summed E-state index contributed by atoms with van der Waals surface area (Å²) in [5.74, 6) is 0.265. The van der Waals surface area contributed by atoms with Gasteiger partial charge >= 0.3 is 12.1 Å². The van der Waals surface area contributed by atoms with Crippen LogP contribution in [-0.2, 0) is 14.3 Å². The molecule has 0 saturated heterocycles. The van der Waals surface area contributed by atoms with E-state index in [0.29, 0.717) is 17.3 Å². The lowest BCUT2D eigenvalue weighted by Gasteiger charge is -2.21. The first kappa shape index (κ1) is 23.8. The molecule has 0 aliphatic carbocycles. The Morgan fingerprint density at radius 3 is 2.50 bits per heavy atom. The van der Waals surface area contributed by atoms with E-state index in [2.05, 4.69) is 10.6 Å². The molecule has 0 spiro atoms. The molecule has 7 nitrogen and oxygen atoms in total. The summed E-state index contributed by atoms with van der Waals surface area (Å²) in [6.45, 7) is 9.04. The molecule has 0 aromatic heterocycles. The Morgan fingerprint density at radius 1 is 1.25 bits per heavy atom. The minimum Gasteiger partial charge on any atom is -0.496 e. The topological polar surface area (TPSA) is 85.9 Å². The zero-order chi connectivity index (χ0) is 21.3. The van der Waals surface area contributed by atoms with E-state index in [0.717, 1.165) is 11.1 Å². The number of esters is 1. The van der Waals surface area contributed by atoms with Gasteiger partial charge < -0.3 is 19.5 Å². The lowest BCUT2D eigenvalue weighted by molar-refractivity contribution is -0.146. The largest absolute Gasteiger partial charge is 0.496 e. The fourth-order valence-electron chi connectivity index (χ4n) is 2.27. The van der Waals surface area contributed by atoms with Crippen molar-refractivity contribution in [1.82, 2.24) is 10.6 Å². The highest BCUT2D eigenvalue weighted by Crippen LogP contribution is 2.25. The second-order valence-electron chi connectivity index (χ2n) is 7.18. The first-order valence-electron chi connectivity index (χ1n) is 8.90. The molecule has 1 unspecified atom stereocenters. The normalized spacial score (nSPS) is 12.9. The average Bonchev–Trinajstić information content (AvgIpc) is 2.55. The first-order chi connectivity index (χ1) is 13.0. The Bertz CT molecular complexity index is 713. The molecule has 0 bridgehead atoms. The Hall–Kier alpha value is -2.25. The SMILES string of the molecule is COc1ccc(Cl)cc1/C=C(/CNC(=O)OC(C)(C)C)CNC(C)OC(C)=O. The average molecular weight is 413 g/mol. The van der Waals surface area contributed by atoms with Crippen LogP contribution in [0, 0.1) is 0 Å². The molecule has 8 heteroatoms. The van der Waals surface area contributed by atoms with Crippen molar-refractivity contribution >= 4 is 29.7 Å². The number of alkyl carbamates (subject to hydrolysis) is 1. The van der Waals surface area contributed by atoms with Crippen molar-refractivity contribution in [3.8, 4) is 5.75 Å². The Kier molecular flexibility index (Phi) is 9.28. The maximum absolute atomic E-state index is 12.0. The quantitative estimate of drug-likeness (QED) is 0.499. The van der Waals surface area contributed by atoms with E-state index in [-0.39, 0.29) is 12.5 Å². The maximum Gasteiger partial charge on any atom is 0.407 e. The summed E-state index contributed by atoms with van der Waals surface area (Å²) in [6.07, 6.45) is 0.850. The van der Waals surface area contributed by atoms with Crippen LogP contribution in [0.3, 0.4) is 0 Å². The molecule has 0 fully saturated rings. The molecule has 28 heavy (non-hydrogen) atoms. The van der Waals surface area contributed by atoms with Gasteiger partial charge in [0, 0.05) is 30.6 Å². The Labute approximate surface area is 171 Å². The van der Waals surface area contributed by atoms with Crippen molar-refractivity contribution in [2.75, 3.05) is 20.2 Å². The minimum absolute atomic E-state index is 0.227. The van der Waals surface area contributed by atoms with Gasteiger partial charge in [0.2, 0.25) is 0 Å². The van der Waals surface area contributed by atoms with Crippen LogP contribution in [0.1, 0.15) is 40.2 Å². The van der Waals surface area contributed by atoms with Crippen molar-refractivity contribution in [3.63, 3.8) is 0 Å². The molecule has 0 radical (unpaired) electrons. The predicted octanol–water partition coefficient (Wildman–Crippen LogP) is 3.76. The number of rotatable bonds is 8. The summed E-state index contributed by atoms with van der Waals surface area (Å²) in [4.78, 5) is 23.1. The summed E-state index contributed by atoms with van der Waals surface area (Å²) in [6, 6.07) is 5.27. The second-order valence-corrected chi connectivity index (χ2v) is 7.61. The molecule has 2 N–H and O–H groups in total. The summed E-state index contributed by atoms with van der Waals surface area (Å²) in [5.41, 5.74) is 0.982. The molecule has 0 saturated carbocycles. The maximum atomic E-state index is 12.0. The number of benzene rings is 1. The van der Waals surface area contributed by atoms with E-state index < -0.39 is 17.9 Å². The van der Waals surface area contributed by atoms with Crippen LogP contribution in [0.5, 0.6) is 5.75 Å². The standard InChI is InChI=1S/C20H29ClN2O5/c1-13(27-14(2)24)22-11-15(12-23-19(25)28-20(3,4)5)9-16-10-17(21)7-8-18(16)26-6/h7-10,13,22H,11-12H2,1-6H3,(H,23,25)/b15-9+. The van der Waals surface area contributed by atoms with Crippen molar-refractivity contribution in [1.29, 1.82) is 0 Å². The zero-order valence-electron chi connectivity index (χ0n) is 17.2. The van der Waals surface area contributed by atoms with Crippen LogP contribution in [0.25, 0.3) is 6.08 Å². The van der Waals surface area contributed by atoms with Crippen molar-refractivity contribution < 1.29 is 23.8 Å². The molecule has 0 aliphatic rings. The van der Waals surface area contributed by atoms with E-state index >= 15 is 0 Å². The van der Waals surface area contributed by atoms with Gasteiger partial charge in [-0.15, -0.1) is 0 Å². The van der Waals surface area contributed by atoms with Crippen molar-refractivity contribution in [3.05, 3.63) is 34.4 Å². The van der Waals surface area contributed by atoms with Crippen LogP contribution in [0.4, 0.5) is 4.79 Å². The van der Waals surface area contributed by atoms with E-state index in [1.807, 2.05) is 6.08 Å². The van der Waals surface area contributed by atoms with Gasteiger partial charge in [0.15, 0.2) is 6.23 Å². The highest BCUT2D eigenvalue weighted by Gasteiger charge is 2.16. The van der Waals surface area contributed by atoms with E-state index in [4.69, 9.17) is 25.8 Å². The molecular weight excluding hydrogens is 384 g/mol. The number of carbonyl (C=O) groups excluding carboxylic acids is 2. The third-order valence-electron chi connectivity index (χ3n) is 3.37. The third kappa shape index (κ3) is 9.62. The lowest BCUT2D eigenvalue weighted by atomic mass is 10.1. The van der Waals surface area contributed by atoms with Gasteiger partial charge in [0.25, 0.3) is 0 Å².